The van der Waals surface area contributed by atoms with Gasteiger partial charge in [-0.25, -0.2) is 0 Å². The first-order chi connectivity index (χ1) is 19.4. The predicted molar refractivity (Wildman–Crippen MR) is 153 cm³/mol. The van der Waals surface area contributed by atoms with Crippen LogP contribution in [0.25, 0.3) is 0 Å². The van der Waals surface area contributed by atoms with Crippen LogP contribution in [0.4, 0.5) is 0 Å². The van der Waals surface area contributed by atoms with E-state index in [-0.39, 0.29) is 30.1 Å². The summed E-state index contributed by atoms with van der Waals surface area (Å²) in [6.45, 7) is 0. The minimum absolute atomic E-state index is 0.0149. The molecule has 1 aliphatic carbocycles. The number of hydrogen-bond acceptors (Lipinski definition) is 6. The van der Waals surface area contributed by atoms with Crippen molar-refractivity contribution < 1.29 is 19.1 Å². The molecule has 0 spiro atoms. The normalized spacial score (nSPS) is 37.1. The molecule has 4 aliphatic heterocycles. The van der Waals surface area contributed by atoms with Gasteiger partial charge in [0.05, 0.1) is 5.92 Å². The number of carbonyl (C=O) groups is 2. The van der Waals surface area contributed by atoms with Crippen molar-refractivity contribution in [3.63, 3.8) is 0 Å². The van der Waals surface area contributed by atoms with Crippen LogP contribution in [-0.2, 0) is 24.5 Å². The zero-order valence-electron chi connectivity index (χ0n) is 23.8. The Kier molecular flexibility index (Phi) is 6.74. The summed E-state index contributed by atoms with van der Waals surface area (Å²) in [4.78, 5) is 33.1. The van der Waals surface area contributed by atoms with Gasteiger partial charge in [0.25, 0.3) is 0 Å². The van der Waals surface area contributed by atoms with Gasteiger partial charge >= 0.3 is 11.9 Å². The van der Waals surface area contributed by atoms with Crippen molar-refractivity contribution in [3.8, 4) is 0 Å². The summed E-state index contributed by atoms with van der Waals surface area (Å²) in [5.74, 6) is -0.667. The molecule has 1 unspecified atom stereocenters. The van der Waals surface area contributed by atoms with E-state index in [1.54, 1.807) is 0 Å². The first kappa shape index (κ1) is 26.2. The zero-order valence-corrected chi connectivity index (χ0v) is 23.8. The highest BCUT2D eigenvalue weighted by Gasteiger charge is 2.52. The minimum atomic E-state index is -0.927. The summed E-state index contributed by atoms with van der Waals surface area (Å²) in [5, 5.41) is 0. The van der Waals surface area contributed by atoms with Crippen molar-refractivity contribution in [1.82, 2.24) is 9.80 Å². The number of fused-ring (bicyclic) bond motifs is 5. The lowest BCUT2D eigenvalue weighted by Gasteiger charge is -2.42. The topological polar surface area (TPSA) is 59.1 Å². The molecule has 2 aromatic rings. The fourth-order valence-electron chi connectivity index (χ4n) is 8.85. The maximum atomic E-state index is 14.4. The molecule has 4 heterocycles. The zero-order chi connectivity index (χ0) is 27.4. The van der Waals surface area contributed by atoms with Crippen LogP contribution in [0.15, 0.2) is 54.6 Å². The van der Waals surface area contributed by atoms with Crippen LogP contribution in [0, 0.1) is 0 Å². The van der Waals surface area contributed by atoms with Gasteiger partial charge in [0, 0.05) is 24.2 Å². The third-order valence-corrected chi connectivity index (χ3v) is 11.2. The number of ether oxygens (including phenoxy) is 2. The molecule has 0 N–H and O–H groups in total. The van der Waals surface area contributed by atoms with Crippen LogP contribution in [0.5, 0.6) is 0 Å². The van der Waals surface area contributed by atoms with E-state index in [0.29, 0.717) is 37.0 Å². The Hall–Kier alpha value is -2.70. The van der Waals surface area contributed by atoms with Gasteiger partial charge in [-0.15, -0.1) is 0 Å². The third-order valence-electron chi connectivity index (χ3n) is 11.2. The molecule has 6 heteroatoms. The second-order valence-electron chi connectivity index (χ2n) is 13.1. The van der Waals surface area contributed by atoms with Crippen LogP contribution >= 0.6 is 0 Å². The molecule has 5 aliphatic rings. The molecule has 7 rings (SSSR count). The molecule has 212 valence electrons. The quantitative estimate of drug-likeness (QED) is 0.485. The smallest absolute Gasteiger partial charge is 0.321 e. The van der Waals surface area contributed by atoms with Crippen molar-refractivity contribution in [2.45, 2.75) is 112 Å². The SMILES string of the molecule is CN1[C@H]2CC[C@H]1CC(OC(=O)[C@H]1CC[C@@](C(=O)OC3C[C@H]4CC[C@@H](C3)N4C)(c3ccccc3)c3ccccc31)C2. The number of carbonyl (C=O) groups excluding carboxylic acids is 2. The molecule has 0 amide bonds. The van der Waals surface area contributed by atoms with Gasteiger partial charge in [0.15, 0.2) is 0 Å². The van der Waals surface area contributed by atoms with Gasteiger partial charge in [-0.3, -0.25) is 9.59 Å². The van der Waals surface area contributed by atoms with Gasteiger partial charge in [0.2, 0.25) is 0 Å². The third kappa shape index (κ3) is 4.30. The number of nitrogens with zero attached hydrogens (tertiary/aromatic N) is 2. The Labute approximate surface area is 238 Å². The predicted octanol–water partition coefficient (Wildman–Crippen LogP) is 5.19. The molecule has 0 radical (unpaired) electrons. The first-order valence-corrected chi connectivity index (χ1v) is 15.4. The van der Waals surface area contributed by atoms with Gasteiger partial charge in [-0.05, 0) is 95.0 Å². The fraction of sp³-hybridized carbons (Fsp3) is 0.588. The van der Waals surface area contributed by atoms with E-state index in [9.17, 15) is 9.59 Å². The summed E-state index contributed by atoms with van der Waals surface area (Å²) < 4.78 is 12.7. The first-order valence-electron chi connectivity index (χ1n) is 15.4. The highest BCUT2D eigenvalue weighted by atomic mass is 16.5. The second kappa shape index (κ2) is 10.3. The second-order valence-corrected chi connectivity index (χ2v) is 13.1. The van der Waals surface area contributed by atoms with Crippen molar-refractivity contribution in [2.24, 2.45) is 0 Å². The van der Waals surface area contributed by atoms with E-state index in [1.165, 1.54) is 25.7 Å². The summed E-state index contributed by atoms with van der Waals surface area (Å²) in [7, 11) is 4.41. The Morgan fingerprint density at radius 1 is 0.700 bits per heavy atom. The number of piperidine rings is 2. The molecular formula is C34H42N2O4. The van der Waals surface area contributed by atoms with Gasteiger partial charge in [-0.1, -0.05) is 54.6 Å². The van der Waals surface area contributed by atoms with Crippen molar-refractivity contribution in [3.05, 3.63) is 71.3 Å². The van der Waals surface area contributed by atoms with Crippen LogP contribution < -0.4 is 0 Å². The summed E-state index contributed by atoms with van der Waals surface area (Å²) in [6, 6.07) is 20.1. The highest BCUT2D eigenvalue weighted by Crippen LogP contribution is 2.49. The monoisotopic (exact) mass is 542 g/mol. The molecule has 0 saturated carbocycles. The molecular weight excluding hydrogens is 500 g/mol. The summed E-state index contributed by atoms with van der Waals surface area (Å²) >= 11 is 0. The lowest BCUT2D eigenvalue weighted by Crippen LogP contribution is -2.48. The van der Waals surface area contributed by atoms with Gasteiger partial charge < -0.3 is 19.3 Å². The standard InChI is InChI=1S/C34H42N2O4/c1-35-23-12-13-24(35)19-27(18-23)39-32(37)30-16-17-34(22-8-4-3-5-9-22,31-11-7-6-10-29(30)31)33(38)40-28-20-25-14-15-26(21-28)36(25)2/h3-11,23-28,30H,12-21H2,1-2H3/t23-,24-,25-,26+,28?,30-,34+/m0/s1. The Morgan fingerprint density at radius 3 is 1.82 bits per heavy atom. The van der Waals surface area contributed by atoms with Crippen LogP contribution in [0.1, 0.15) is 86.8 Å². The molecule has 40 heavy (non-hydrogen) atoms. The minimum Gasteiger partial charge on any atom is -0.462 e. The van der Waals surface area contributed by atoms with E-state index >= 15 is 0 Å². The molecule has 6 nitrogen and oxygen atoms in total. The van der Waals surface area contributed by atoms with Crippen molar-refractivity contribution in [1.29, 1.82) is 0 Å². The number of hydrogen-bond donors (Lipinski definition) is 0. The van der Waals surface area contributed by atoms with Crippen LogP contribution in [0.3, 0.4) is 0 Å². The maximum Gasteiger partial charge on any atom is 0.321 e. The Balaban J connectivity index is 1.18. The fourth-order valence-corrected chi connectivity index (χ4v) is 8.85. The maximum absolute atomic E-state index is 14.4. The average molecular weight is 543 g/mol. The number of benzene rings is 2. The lowest BCUT2D eigenvalue weighted by molar-refractivity contribution is -0.160. The van der Waals surface area contributed by atoms with Gasteiger partial charge in [-0.2, -0.15) is 0 Å². The summed E-state index contributed by atoms with van der Waals surface area (Å²) in [6.07, 6.45) is 9.44. The Morgan fingerprint density at radius 2 is 1.23 bits per heavy atom. The molecule has 2 aromatic carbocycles. The molecule has 7 atom stereocenters. The van der Waals surface area contributed by atoms with E-state index in [0.717, 1.165) is 42.4 Å². The van der Waals surface area contributed by atoms with E-state index < -0.39 is 5.41 Å². The molecule has 4 bridgehead atoms. The number of esters is 2. The van der Waals surface area contributed by atoms with E-state index in [4.69, 9.17) is 9.47 Å². The number of rotatable bonds is 5. The molecule has 0 aromatic heterocycles. The lowest BCUT2D eigenvalue weighted by atomic mass is 9.63. The van der Waals surface area contributed by atoms with Crippen molar-refractivity contribution >= 4 is 11.9 Å². The highest BCUT2D eigenvalue weighted by molar-refractivity contribution is 5.91. The van der Waals surface area contributed by atoms with Crippen molar-refractivity contribution in [2.75, 3.05) is 14.1 Å². The average Bonchev–Trinajstić information content (AvgIpc) is 3.28. The van der Waals surface area contributed by atoms with E-state index in [1.807, 2.05) is 54.6 Å². The van der Waals surface area contributed by atoms with Gasteiger partial charge in [0.1, 0.15) is 17.6 Å². The summed E-state index contributed by atoms with van der Waals surface area (Å²) in [5.41, 5.74) is 1.84. The largest absolute Gasteiger partial charge is 0.462 e. The molecule has 4 fully saturated rings. The van der Waals surface area contributed by atoms with Crippen LogP contribution in [-0.4, -0.2) is 72.2 Å². The van der Waals surface area contributed by atoms with E-state index in [2.05, 4.69) is 23.9 Å². The Bertz CT molecular complexity index is 1240. The molecule has 4 saturated heterocycles. The van der Waals surface area contributed by atoms with Crippen LogP contribution in [0.2, 0.25) is 0 Å².